The predicted molar refractivity (Wildman–Crippen MR) is 76.2 cm³/mol. The van der Waals surface area contributed by atoms with Crippen molar-refractivity contribution in [2.24, 2.45) is 5.73 Å². The molecule has 5 nitrogen and oxygen atoms in total. The van der Waals surface area contributed by atoms with Crippen LogP contribution in [0.3, 0.4) is 0 Å². The number of morpholine rings is 1. The maximum Gasteiger partial charge on any atom is 0.124 e. The Morgan fingerprint density at radius 1 is 1.37 bits per heavy atom. The molecule has 0 spiro atoms. The first-order valence-corrected chi connectivity index (χ1v) is 6.44. The summed E-state index contributed by atoms with van der Waals surface area (Å²) in [5.74, 6) is 0.844. The van der Waals surface area contributed by atoms with Crippen molar-refractivity contribution in [1.29, 1.82) is 5.41 Å². The van der Waals surface area contributed by atoms with Crippen LogP contribution < -0.4 is 15.4 Å². The largest absolute Gasteiger partial charge is 0.497 e. The van der Waals surface area contributed by atoms with Gasteiger partial charge in [0.05, 0.1) is 25.0 Å². The Hall–Kier alpha value is -1.75. The number of nitrogens with two attached hydrogens (primary N) is 1. The summed E-state index contributed by atoms with van der Waals surface area (Å²) in [6, 6.07) is 5.59. The highest BCUT2D eigenvalue weighted by Crippen LogP contribution is 2.28. The zero-order valence-corrected chi connectivity index (χ0v) is 11.6. The third-order valence-corrected chi connectivity index (χ3v) is 3.26. The summed E-state index contributed by atoms with van der Waals surface area (Å²) >= 11 is 0. The number of rotatable bonds is 3. The molecule has 19 heavy (non-hydrogen) atoms. The van der Waals surface area contributed by atoms with E-state index in [2.05, 4.69) is 18.7 Å². The van der Waals surface area contributed by atoms with E-state index in [-0.39, 0.29) is 18.0 Å². The van der Waals surface area contributed by atoms with E-state index in [1.165, 1.54) is 0 Å². The van der Waals surface area contributed by atoms with Gasteiger partial charge in [-0.1, -0.05) is 0 Å². The second-order valence-electron chi connectivity index (χ2n) is 4.96. The zero-order chi connectivity index (χ0) is 14.0. The fraction of sp³-hybridized carbons (Fsp3) is 0.500. The minimum absolute atomic E-state index is 0.0736. The molecule has 1 aliphatic rings. The topological polar surface area (TPSA) is 71.6 Å². The lowest BCUT2D eigenvalue weighted by atomic mass is 10.1. The molecule has 1 fully saturated rings. The van der Waals surface area contributed by atoms with Crippen molar-refractivity contribution in [3.63, 3.8) is 0 Å². The van der Waals surface area contributed by atoms with Gasteiger partial charge in [-0.15, -0.1) is 0 Å². The highest BCUT2D eigenvalue weighted by molar-refractivity contribution is 6.00. The van der Waals surface area contributed by atoms with Crippen LogP contribution in [0.25, 0.3) is 0 Å². The standard InChI is InChI=1S/C14H21N3O2/c1-9-7-17(8-10(2)19-9)13-6-11(18-3)4-5-12(13)14(15)16/h4-6,9-10H,7-8H2,1-3H3,(H3,15,16)/t9-,10+. The van der Waals surface area contributed by atoms with Gasteiger partial charge in [-0.2, -0.15) is 0 Å². The van der Waals surface area contributed by atoms with E-state index in [9.17, 15) is 0 Å². The second-order valence-corrected chi connectivity index (χ2v) is 4.96. The van der Waals surface area contributed by atoms with Crippen molar-refractivity contribution < 1.29 is 9.47 Å². The van der Waals surface area contributed by atoms with Gasteiger partial charge in [0, 0.05) is 24.7 Å². The Morgan fingerprint density at radius 3 is 2.53 bits per heavy atom. The number of hydrogen-bond acceptors (Lipinski definition) is 4. The van der Waals surface area contributed by atoms with Gasteiger partial charge in [0.2, 0.25) is 0 Å². The number of nitrogen functional groups attached to an aromatic ring is 1. The van der Waals surface area contributed by atoms with Crippen molar-refractivity contribution in [1.82, 2.24) is 0 Å². The zero-order valence-electron chi connectivity index (χ0n) is 11.6. The Kier molecular flexibility index (Phi) is 3.95. The van der Waals surface area contributed by atoms with E-state index in [0.29, 0.717) is 0 Å². The first-order valence-electron chi connectivity index (χ1n) is 6.44. The molecule has 0 aromatic heterocycles. The van der Waals surface area contributed by atoms with Crippen LogP contribution in [0.4, 0.5) is 5.69 Å². The molecule has 2 rings (SSSR count). The smallest absolute Gasteiger partial charge is 0.124 e. The molecule has 0 unspecified atom stereocenters. The van der Waals surface area contributed by atoms with Gasteiger partial charge in [-0.05, 0) is 26.0 Å². The lowest BCUT2D eigenvalue weighted by Gasteiger charge is -2.37. The maximum atomic E-state index is 7.70. The first-order chi connectivity index (χ1) is 9.01. The monoisotopic (exact) mass is 263 g/mol. The number of nitrogens with one attached hydrogen (secondary N) is 1. The second kappa shape index (κ2) is 5.48. The summed E-state index contributed by atoms with van der Waals surface area (Å²) < 4.78 is 11.0. The van der Waals surface area contributed by atoms with E-state index in [4.69, 9.17) is 20.6 Å². The molecule has 104 valence electrons. The molecule has 3 N–H and O–H groups in total. The molecule has 0 bridgehead atoms. The molecule has 1 aromatic rings. The lowest BCUT2D eigenvalue weighted by molar-refractivity contribution is -0.00523. The van der Waals surface area contributed by atoms with Gasteiger partial charge in [0.25, 0.3) is 0 Å². The summed E-state index contributed by atoms with van der Waals surface area (Å²) in [5.41, 5.74) is 7.34. The van der Waals surface area contributed by atoms with Gasteiger partial charge in [-0.3, -0.25) is 5.41 Å². The van der Waals surface area contributed by atoms with Gasteiger partial charge in [0.15, 0.2) is 0 Å². The summed E-state index contributed by atoms with van der Waals surface area (Å²) in [6.45, 7) is 5.68. The van der Waals surface area contributed by atoms with Crippen molar-refractivity contribution >= 4 is 11.5 Å². The van der Waals surface area contributed by atoms with Crippen LogP contribution in [0.1, 0.15) is 19.4 Å². The lowest BCUT2D eigenvalue weighted by Crippen LogP contribution is -2.46. The molecular formula is C14H21N3O2. The summed E-state index contributed by atoms with van der Waals surface area (Å²) in [4.78, 5) is 2.21. The summed E-state index contributed by atoms with van der Waals surface area (Å²) in [5, 5.41) is 7.70. The number of nitrogens with zero attached hydrogens (tertiary/aromatic N) is 1. The highest BCUT2D eigenvalue weighted by atomic mass is 16.5. The van der Waals surface area contributed by atoms with Gasteiger partial charge < -0.3 is 20.1 Å². The third kappa shape index (κ3) is 2.98. The summed E-state index contributed by atoms with van der Waals surface area (Å²) in [7, 11) is 1.64. The number of anilines is 1. The van der Waals surface area contributed by atoms with Crippen LogP contribution in [0, 0.1) is 5.41 Å². The fourth-order valence-electron chi connectivity index (χ4n) is 2.50. The first kappa shape index (κ1) is 13.7. The Morgan fingerprint density at radius 2 is 2.00 bits per heavy atom. The number of amidine groups is 1. The molecule has 1 aromatic carbocycles. The number of methoxy groups -OCH3 is 1. The number of ether oxygens (including phenoxy) is 2. The van der Waals surface area contributed by atoms with Crippen LogP contribution in [-0.2, 0) is 4.74 Å². The molecule has 1 aliphatic heterocycles. The van der Waals surface area contributed by atoms with Gasteiger partial charge >= 0.3 is 0 Å². The molecule has 2 atom stereocenters. The maximum absolute atomic E-state index is 7.70. The Labute approximate surface area is 113 Å². The van der Waals surface area contributed by atoms with E-state index in [0.717, 1.165) is 30.1 Å². The van der Waals surface area contributed by atoms with E-state index < -0.39 is 0 Å². The molecule has 5 heteroatoms. The quantitative estimate of drug-likeness (QED) is 0.642. The van der Waals surface area contributed by atoms with Crippen LogP contribution in [-0.4, -0.2) is 38.2 Å². The normalized spacial score (nSPS) is 23.2. The highest BCUT2D eigenvalue weighted by Gasteiger charge is 2.24. The van der Waals surface area contributed by atoms with Crippen molar-refractivity contribution in [2.45, 2.75) is 26.1 Å². The minimum Gasteiger partial charge on any atom is -0.497 e. The molecular weight excluding hydrogens is 242 g/mol. The van der Waals surface area contributed by atoms with Crippen LogP contribution in [0.15, 0.2) is 18.2 Å². The van der Waals surface area contributed by atoms with E-state index in [1.807, 2.05) is 18.2 Å². The van der Waals surface area contributed by atoms with Crippen molar-refractivity contribution in [2.75, 3.05) is 25.1 Å². The van der Waals surface area contributed by atoms with Crippen LogP contribution in [0.2, 0.25) is 0 Å². The fourth-order valence-corrected chi connectivity index (χ4v) is 2.50. The van der Waals surface area contributed by atoms with E-state index in [1.54, 1.807) is 7.11 Å². The van der Waals surface area contributed by atoms with Crippen molar-refractivity contribution in [3.8, 4) is 5.75 Å². The summed E-state index contributed by atoms with van der Waals surface area (Å²) in [6.07, 6.45) is 0.324. The third-order valence-electron chi connectivity index (χ3n) is 3.26. The Bertz CT molecular complexity index is 466. The van der Waals surface area contributed by atoms with E-state index >= 15 is 0 Å². The molecule has 1 heterocycles. The molecule has 0 aliphatic carbocycles. The van der Waals surface area contributed by atoms with Gasteiger partial charge in [-0.25, -0.2) is 0 Å². The molecule has 1 saturated heterocycles. The minimum atomic E-state index is 0.0736. The average Bonchev–Trinajstić information content (AvgIpc) is 2.36. The van der Waals surface area contributed by atoms with Crippen LogP contribution in [0.5, 0.6) is 5.75 Å². The molecule has 0 saturated carbocycles. The number of benzene rings is 1. The number of hydrogen-bond donors (Lipinski definition) is 2. The van der Waals surface area contributed by atoms with Crippen molar-refractivity contribution in [3.05, 3.63) is 23.8 Å². The SMILES string of the molecule is COc1ccc(C(=N)N)c(N2C[C@@H](C)O[C@@H](C)C2)c1. The molecule has 0 radical (unpaired) electrons. The molecule has 0 amide bonds. The van der Waals surface area contributed by atoms with Crippen LogP contribution >= 0.6 is 0 Å². The predicted octanol–water partition coefficient (Wildman–Crippen LogP) is 1.59. The van der Waals surface area contributed by atoms with Gasteiger partial charge in [0.1, 0.15) is 11.6 Å². The average molecular weight is 263 g/mol. The Balaban J connectivity index is 2.38.